The minimum Gasteiger partial charge on any atom is 0 e. The van der Waals surface area contributed by atoms with Gasteiger partial charge in [0.25, 0.3) is 0 Å². The summed E-state index contributed by atoms with van der Waals surface area (Å²) in [5, 5.41) is 0. The van der Waals surface area contributed by atoms with Gasteiger partial charge < -0.3 is 0 Å². The quantitative estimate of drug-likeness (QED) is 0.249. The van der Waals surface area contributed by atoms with Gasteiger partial charge in [-0.05, 0) is 0 Å². The van der Waals surface area contributed by atoms with Gasteiger partial charge in [0.2, 0.25) is 0 Å². The summed E-state index contributed by atoms with van der Waals surface area (Å²) in [4.78, 5) is 0. The van der Waals surface area contributed by atoms with Crippen molar-refractivity contribution < 1.29 is 123 Å². The van der Waals surface area contributed by atoms with E-state index >= 15 is 0 Å². The molecule has 0 amide bonds. The first-order chi connectivity index (χ1) is 0. The molecule has 0 rings (SSSR count). The van der Waals surface area contributed by atoms with E-state index in [1.165, 1.54) is 0 Å². The molecule has 0 aliphatic heterocycles. The van der Waals surface area contributed by atoms with Crippen LogP contribution in [0.1, 0.15) is 0 Å². The van der Waals surface area contributed by atoms with Crippen molar-refractivity contribution in [3.63, 3.8) is 0 Å². The summed E-state index contributed by atoms with van der Waals surface area (Å²) in [7, 11) is 0. The molecule has 0 aromatic rings. The third kappa shape index (κ3) is 36.5. The third-order valence-electron chi connectivity index (χ3n) is 0. The first kappa shape index (κ1) is 54.5. The Bertz CT molecular complexity index is 7.64. The summed E-state index contributed by atoms with van der Waals surface area (Å²) >= 11 is 0. The summed E-state index contributed by atoms with van der Waals surface area (Å²) in [6.07, 6.45) is 0. The van der Waals surface area contributed by atoms with Crippen LogP contribution >= 0.6 is 0 Å². The predicted octanol–water partition coefficient (Wildman–Crippen LogP) is -1.90. The maximum Gasteiger partial charge on any atom is 0 e. The largest absolute Gasteiger partial charge is 0 e. The number of hydrogen-bond acceptors (Lipinski definition) is 0. The molecule has 0 spiro atoms. The van der Waals surface area contributed by atoms with E-state index in [0.717, 1.165) is 0 Å². The number of rotatable bonds is 0. The Kier molecular flexibility index (Phi) is 306. The van der Waals surface area contributed by atoms with E-state index < -0.39 is 0 Å². The second kappa shape index (κ2) is 44.9. The van der Waals surface area contributed by atoms with E-state index in [2.05, 4.69) is 0 Å². The van der Waals surface area contributed by atoms with Crippen LogP contribution in [0.2, 0.25) is 0 Å². The molecule has 0 aliphatic rings. The van der Waals surface area contributed by atoms with E-state index in [4.69, 9.17) is 0 Å². The summed E-state index contributed by atoms with van der Waals surface area (Å²) < 4.78 is 0. The zero-order chi connectivity index (χ0) is 0. The zero-order valence-corrected chi connectivity index (χ0v) is 36.5. The molecule has 5 radical (unpaired) electrons. The third-order valence-corrected chi connectivity index (χ3v) is 0. The molecule has 8 heteroatoms. The molecule has 0 saturated carbocycles. The van der Waals surface area contributed by atoms with Gasteiger partial charge in [-0.2, -0.15) is 0 Å². The van der Waals surface area contributed by atoms with Crippen molar-refractivity contribution in [1.82, 2.24) is 0 Å². The average Bonchev–Trinajstić information content (AvgIpc) is 0. The Morgan fingerprint density at radius 1 is 0.250 bits per heavy atom. The molecule has 0 nitrogen and oxygen atoms in total. The Labute approximate surface area is 250 Å². The molecule has 0 aliphatic carbocycles. The Morgan fingerprint density at radius 3 is 0.250 bits per heavy atom. The van der Waals surface area contributed by atoms with Gasteiger partial charge in [-0.25, -0.2) is 0 Å². The topological polar surface area (TPSA) is 0 Å². The fourth-order valence-corrected chi connectivity index (χ4v) is 0. The molecule has 27 valence electrons. The molecule has 0 atom stereocenters. The van der Waals surface area contributed by atoms with Crippen LogP contribution in [0.4, 0.5) is 0 Å². The van der Waals surface area contributed by atoms with Gasteiger partial charge >= 0.3 is 0 Å². The van der Waals surface area contributed by atoms with E-state index in [1.54, 1.807) is 0 Å². The molecule has 0 saturated heterocycles. The van der Waals surface area contributed by atoms with E-state index in [-0.39, 0.29) is 259 Å². The first-order valence-corrected chi connectivity index (χ1v) is 0. The normalized spacial score (nSPS) is 0. The second-order valence-electron chi connectivity index (χ2n) is 0. The van der Waals surface area contributed by atoms with Gasteiger partial charge in [0.15, 0.2) is 0 Å². The standard InChI is InChI=1S/3Nd.5Tl. The van der Waals surface area contributed by atoms with Crippen molar-refractivity contribution in [1.29, 1.82) is 0 Å². The van der Waals surface area contributed by atoms with Crippen molar-refractivity contribution in [3.8, 4) is 0 Å². The minimum absolute atomic E-state index is 0. The van der Waals surface area contributed by atoms with Crippen LogP contribution < -0.4 is 0 Å². The van der Waals surface area contributed by atoms with Gasteiger partial charge in [0.05, 0.1) is 0 Å². The molecule has 0 bridgehead atoms. The van der Waals surface area contributed by atoms with Gasteiger partial charge in [-0.3, -0.25) is 0 Å². The van der Waals surface area contributed by atoms with Crippen molar-refractivity contribution in [2.45, 2.75) is 0 Å². The van der Waals surface area contributed by atoms with Crippen molar-refractivity contribution in [2.75, 3.05) is 0 Å². The van der Waals surface area contributed by atoms with Crippen LogP contribution in [0.3, 0.4) is 0 Å². The van der Waals surface area contributed by atoms with Gasteiger partial charge in [-0.1, -0.05) is 0 Å². The molecule has 8 heavy (non-hydrogen) atoms. The maximum atomic E-state index is 0. The van der Waals surface area contributed by atoms with Crippen LogP contribution in [-0.4, -0.2) is 136 Å². The van der Waals surface area contributed by atoms with E-state index in [9.17, 15) is 0 Å². The molecular formula is Nd3Tl5. The fraction of sp³-hybridized carbons (Fsp3) is 0. The Morgan fingerprint density at radius 2 is 0.250 bits per heavy atom. The molecule has 0 N–H and O–H groups in total. The fourth-order valence-electron chi connectivity index (χ4n) is 0. The molecule has 0 aromatic carbocycles. The Hall–Kier alpha value is 8.66. The monoisotopic (exact) mass is 1450 g/mol. The van der Waals surface area contributed by atoms with Crippen LogP contribution in [-0.2, 0) is 0 Å². The predicted molar refractivity (Wildman–Crippen MR) is 28.8 cm³/mol. The molecule has 0 aromatic heterocycles. The summed E-state index contributed by atoms with van der Waals surface area (Å²) in [6, 6.07) is 0. The van der Waals surface area contributed by atoms with Crippen LogP contribution in [0.15, 0.2) is 0 Å². The first-order valence-electron chi connectivity index (χ1n) is 0. The Balaban J connectivity index is 0. The minimum atomic E-state index is 0. The number of hydrogen-bond donors (Lipinski definition) is 0. The van der Waals surface area contributed by atoms with Crippen LogP contribution in [0.25, 0.3) is 0 Å². The molecular weight excluding hydrogens is 1450 g/mol. The van der Waals surface area contributed by atoms with E-state index in [0.29, 0.717) is 0 Å². The second-order valence-corrected chi connectivity index (χ2v) is 0. The average molecular weight is 1450 g/mol. The zero-order valence-electron chi connectivity index (χ0n) is 4.39. The molecule has 0 heterocycles. The van der Waals surface area contributed by atoms with Gasteiger partial charge in [0, 0.05) is 259 Å². The van der Waals surface area contributed by atoms with Crippen molar-refractivity contribution >= 4 is 136 Å². The summed E-state index contributed by atoms with van der Waals surface area (Å²) in [6.45, 7) is 0. The van der Waals surface area contributed by atoms with Crippen LogP contribution in [0, 0.1) is 123 Å². The van der Waals surface area contributed by atoms with Crippen molar-refractivity contribution in [2.24, 2.45) is 0 Å². The van der Waals surface area contributed by atoms with Crippen LogP contribution in [0.5, 0.6) is 0 Å². The van der Waals surface area contributed by atoms with E-state index in [1.807, 2.05) is 0 Å². The molecule has 0 unspecified atom stereocenters. The SMILES string of the molecule is [Nd].[Nd].[Nd].[Tl].[Tl].[Tl].[Tl].[Tl]. The maximum absolute atomic E-state index is 0. The summed E-state index contributed by atoms with van der Waals surface area (Å²) in [5.74, 6) is 0. The van der Waals surface area contributed by atoms with Gasteiger partial charge in [0.1, 0.15) is 0 Å². The smallest absolute Gasteiger partial charge is 0 e. The summed E-state index contributed by atoms with van der Waals surface area (Å²) in [5.41, 5.74) is 0. The molecule has 0 fully saturated rings. The van der Waals surface area contributed by atoms with Gasteiger partial charge in [-0.15, -0.1) is 0 Å². The van der Waals surface area contributed by atoms with Crippen molar-refractivity contribution in [3.05, 3.63) is 0 Å².